The Labute approximate surface area is 121 Å². The van der Waals surface area contributed by atoms with E-state index in [0.717, 1.165) is 13.0 Å². The average Bonchev–Trinajstić information content (AvgIpc) is 2.95. The molecular weight excluding hydrogens is 274 g/mol. The number of nitrogens with one attached hydrogen (secondary N) is 1. The Bertz CT molecular complexity index is 643. The first-order valence-corrected chi connectivity index (χ1v) is 7.63. The van der Waals surface area contributed by atoms with Gasteiger partial charge in [-0.2, -0.15) is 0 Å². The molecule has 2 aromatic heterocycles. The van der Waals surface area contributed by atoms with Crippen molar-refractivity contribution in [1.82, 2.24) is 14.5 Å². The Balaban J connectivity index is 1.85. The topological polar surface area (TPSA) is 56.0 Å². The molecule has 0 aromatic carbocycles. The van der Waals surface area contributed by atoms with E-state index < -0.39 is 0 Å². The van der Waals surface area contributed by atoms with Crippen LogP contribution >= 0.6 is 11.3 Å². The lowest BCUT2D eigenvalue weighted by Gasteiger charge is -2.08. The maximum atomic E-state index is 12.0. The molecule has 0 radical (unpaired) electrons. The highest BCUT2D eigenvalue weighted by Crippen LogP contribution is 2.07. The van der Waals surface area contributed by atoms with E-state index in [1.807, 2.05) is 13.0 Å². The summed E-state index contributed by atoms with van der Waals surface area (Å²) in [5.74, 6) is 0. The van der Waals surface area contributed by atoms with Gasteiger partial charge in [0.2, 0.25) is 0 Å². The number of rotatable bonds is 7. The Morgan fingerprint density at radius 3 is 2.80 bits per heavy atom. The van der Waals surface area contributed by atoms with Gasteiger partial charge in [-0.15, -0.1) is 11.3 Å². The van der Waals surface area contributed by atoms with Crippen LogP contribution in [0.3, 0.4) is 0 Å². The predicted molar refractivity (Wildman–Crippen MR) is 81.5 cm³/mol. The van der Waals surface area contributed by atoms with Crippen molar-refractivity contribution in [3.05, 3.63) is 55.5 Å². The largest absolute Gasteiger partial charge is 0.330 e. The van der Waals surface area contributed by atoms with E-state index in [1.54, 1.807) is 17.5 Å². The third-order valence-corrected chi connectivity index (χ3v) is 4.06. The fourth-order valence-electron chi connectivity index (χ4n) is 1.99. The average molecular weight is 293 g/mol. The van der Waals surface area contributed by atoms with Crippen molar-refractivity contribution in [2.45, 2.75) is 26.4 Å². The maximum Gasteiger partial charge on any atom is 0.330 e. The first kappa shape index (κ1) is 14.7. The van der Waals surface area contributed by atoms with E-state index in [-0.39, 0.29) is 11.2 Å². The lowest BCUT2D eigenvalue weighted by molar-refractivity contribution is 0.533. The Hall–Kier alpha value is -1.66. The highest BCUT2D eigenvalue weighted by Gasteiger charge is 2.03. The molecule has 0 aliphatic rings. The number of thiophene rings is 1. The molecule has 108 valence electrons. The predicted octanol–water partition coefficient (Wildman–Crippen LogP) is 0.924. The molecule has 5 nitrogen and oxygen atoms in total. The van der Waals surface area contributed by atoms with Gasteiger partial charge in [-0.1, -0.05) is 6.07 Å². The molecule has 2 rings (SSSR count). The summed E-state index contributed by atoms with van der Waals surface area (Å²) >= 11 is 1.74. The molecule has 0 aliphatic carbocycles. The minimum atomic E-state index is -0.236. The van der Waals surface area contributed by atoms with E-state index in [4.69, 9.17) is 0 Å². The van der Waals surface area contributed by atoms with Crippen LogP contribution in [-0.4, -0.2) is 22.2 Å². The smallest absolute Gasteiger partial charge is 0.315 e. The quantitative estimate of drug-likeness (QED) is 0.773. The zero-order chi connectivity index (χ0) is 14.4. The summed E-state index contributed by atoms with van der Waals surface area (Å²) in [5, 5.41) is 5.32. The maximum absolute atomic E-state index is 12.0. The molecule has 0 aliphatic heterocycles. The fraction of sp³-hybridized carbons (Fsp3) is 0.429. The molecule has 0 saturated heterocycles. The first-order valence-electron chi connectivity index (χ1n) is 6.75. The highest BCUT2D eigenvalue weighted by molar-refractivity contribution is 7.09. The van der Waals surface area contributed by atoms with E-state index in [0.29, 0.717) is 19.6 Å². The monoisotopic (exact) mass is 293 g/mol. The fourth-order valence-corrected chi connectivity index (χ4v) is 2.69. The normalized spacial score (nSPS) is 10.8. The SMILES string of the molecule is CCn1ccc(=O)n(CCNCCc2cccs2)c1=O. The zero-order valence-corrected chi connectivity index (χ0v) is 12.4. The summed E-state index contributed by atoms with van der Waals surface area (Å²) in [4.78, 5) is 25.0. The Kier molecular flexibility index (Phi) is 5.31. The van der Waals surface area contributed by atoms with Crippen LogP contribution in [0.15, 0.2) is 39.4 Å². The summed E-state index contributed by atoms with van der Waals surface area (Å²) < 4.78 is 2.81. The standard InChI is InChI=1S/C14H19N3O2S/c1-2-16-9-6-13(18)17(14(16)19)10-8-15-7-5-12-4-3-11-20-12/h3-4,6,9,11,15H,2,5,7-8,10H2,1H3. The molecule has 1 N–H and O–H groups in total. The van der Waals surface area contributed by atoms with E-state index in [1.165, 1.54) is 20.1 Å². The Morgan fingerprint density at radius 2 is 2.10 bits per heavy atom. The minimum absolute atomic E-state index is 0.236. The third-order valence-electron chi connectivity index (χ3n) is 3.12. The van der Waals surface area contributed by atoms with Crippen molar-refractivity contribution in [3.8, 4) is 0 Å². The van der Waals surface area contributed by atoms with Crippen LogP contribution in [0.5, 0.6) is 0 Å². The van der Waals surface area contributed by atoms with Gasteiger partial charge in [0, 0.05) is 43.3 Å². The van der Waals surface area contributed by atoms with Gasteiger partial charge in [-0.25, -0.2) is 4.79 Å². The number of aryl methyl sites for hydroxylation is 1. The van der Waals surface area contributed by atoms with Crippen molar-refractivity contribution in [2.75, 3.05) is 13.1 Å². The van der Waals surface area contributed by atoms with Crippen molar-refractivity contribution >= 4 is 11.3 Å². The molecule has 6 heteroatoms. The van der Waals surface area contributed by atoms with Crippen LogP contribution in [0.4, 0.5) is 0 Å². The lowest BCUT2D eigenvalue weighted by Crippen LogP contribution is -2.41. The summed E-state index contributed by atoms with van der Waals surface area (Å²) in [6.07, 6.45) is 2.52. The van der Waals surface area contributed by atoms with Gasteiger partial charge in [0.05, 0.1) is 0 Å². The molecule has 0 fully saturated rings. The van der Waals surface area contributed by atoms with E-state index in [2.05, 4.69) is 16.8 Å². The van der Waals surface area contributed by atoms with Crippen molar-refractivity contribution in [2.24, 2.45) is 0 Å². The van der Waals surface area contributed by atoms with E-state index in [9.17, 15) is 9.59 Å². The van der Waals surface area contributed by atoms with Crippen LogP contribution in [0.2, 0.25) is 0 Å². The summed E-state index contributed by atoms with van der Waals surface area (Å²) in [7, 11) is 0. The van der Waals surface area contributed by atoms with Gasteiger partial charge in [0.25, 0.3) is 5.56 Å². The number of nitrogens with zero attached hydrogens (tertiary/aromatic N) is 2. The number of aromatic nitrogens is 2. The third kappa shape index (κ3) is 3.68. The second-order valence-electron chi connectivity index (χ2n) is 4.45. The molecule has 2 aromatic rings. The molecule has 0 bridgehead atoms. The molecular formula is C14H19N3O2S. The molecule has 0 saturated carbocycles. The van der Waals surface area contributed by atoms with Gasteiger partial charge in [-0.3, -0.25) is 9.36 Å². The van der Waals surface area contributed by atoms with Gasteiger partial charge in [0.15, 0.2) is 0 Å². The van der Waals surface area contributed by atoms with E-state index >= 15 is 0 Å². The van der Waals surface area contributed by atoms with Crippen molar-refractivity contribution in [1.29, 1.82) is 0 Å². The first-order chi connectivity index (χ1) is 9.72. The van der Waals surface area contributed by atoms with Crippen LogP contribution in [-0.2, 0) is 19.5 Å². The summed E-state index contributed by atoms with van der Waals surface area (Å²) in [6.45, 7) is 4.33. The Morgan fingerprint density at radius 1 is 1.25 bits per heavy atom. The molecule has 0 amide bonds. The second kappa shape index (κ2) is 7.21. The molecule has 0 atom stereocenters. The minimum Gasteiger partial charge on any atom is -0.315 e. The lowest BCUT2D eigenvalue weighted by atomic mass is 10.3. The highest BCUT2D eigenvalue weighted by atomic mass is 32.1. The van der Waals surface area contributed by atoms with Crippen LogP contribution in [0, 0.1) is 0 Å². The molecule has 2 heterocycles. The van der Waals surface area contributed by atoms with Gasteiger partial charge < -0.3 is 9.88 Å². The summed E-state index contributed by atoms with van der Waals surface area (Å²) in [6, 6.07) is 5.58. The van der Waals surface area contributed by atoms with Gasteiger partial charge in [-0.05, 0) is 24.8 Å². The van der Waals surface area contributed by atoms with Crippen molar-refractivity contribution < 1.29 is 0 Å². The zero-order valence-electron chi connectivity index (χ0n) is 11.5. The van der Waals surface area contributed by atoms with Gasteiger partial charge >= 0.3 is 5.69 Å². The van der Waals surface area contributed by atoms with Crippen LogP contribution < -0.4 is 16.6 Å². The van der Waals surface area contributed by atoms with Crippen molar-refractivity contribution in [3.63, 3.8) is 0 Å². The number of hydrogen-bond acceptors (Lipinski definition) is 4. The van der Waals surface area contributed by atoms with Gasteiger partial charge in [0.1, 0.15) is 0 Å². The summed E-state index contributed by atoms with van der Waals surface area (Å²) in [5.41, 5.74) is -0.472. The molecule has 20 heavy (non-hydrogen) atoms. The number of hydrogen-bond donors (Lipinski definition) is 1. The van der Waals surface area contributed by atoms with Crippen LogP contribution in [0.1, 0.15) is 11.8 Å². The molecule has 0 spiro atoms. The van der Waals surface area contributed by atoms with Crippen LogP contribution in [0.25, 0.3) is 0 Å². The second-order valence-corrected chi connectivity index (χ2v) is 5.49. The molecule has 0 unspecified atom stereocenters.